The zero-order chi connectivity index (χ0) is 17.7. The van der Waals surface area contributed by atoms with Gasteiger partial charge in [0.2, 0.25) is 5.78 Å². The number of rotatable bonds is 2. The van der Waals surface area contributed by atoms with Gasteiger partial charge in [0, 0.05) is 22.0 Å². The zero-order valence-corrected chi connectivity index (χ0v) is 13.8. The number of esters is 1. The van der Waals surface area contributed by atoms with E-state index in [1.165, 1.54) is 0 Å². The fourth-order valence-corrected chi connectivity index (χ4v) is 3.16. The summed E-state index contributed by atoms with van der Waals surface area (Å²) in [6.07, 6.45) is -0.238. The lowest BCUT2D eigenvalue weighted by Crippen LogP contribution is -2.20. The SMILES string of the molecule is CC(C)OC(=O)c1ccc2[nH]c3c(c2c1)C(=O)c1ccccc1C3=O. The highest BCUT2D eigenvalue weighted by atomic mass is 16.5. The van der Waals surface area contributed by atoms with Crippen LogP contribution < -0.4 is 0 Å². The second-order valence-corrected chi connectivity index (χ2v) is 6.29. The Balaban J connectivity index is 1.91. The average molecular weight is 333 g/mol. The van der Waals surface area contributed by atoms with Gasteiger partial charge in [0.05, 0.1) is 22.9 Å². The monoisotopic (exact) mass is 333 g/mol. The number of aromatic nitrogens is 1. The molecule has 1 heterocycles. The minimum absolute atomic E-state index is 0.215. The first-order chi connectivity index (χ1) is 12.0. The second kappa shape index (κ2) is 5.41. The van der Waals surface area contributed by atoms with Gasteiger partial charge in [0.25, 0.3) is 0 Å². The van der Waals surface area contributed by atoms with E-state index in [-0.39, 0.29) is 23.4 Å². The molecule has 0 fully saturated rings. The highest BCUT2D eigenvalue weighted by Gasteiger charge is 2.33. The molecule has 1 aliphatic carbocycles. The van der Waals surface area contributed by atoms with Crippen LogP contribution in [0.2, 0.25) is 0 Å². The Morgan fingerprint density at radius 1 is 1.00 bits per heavy atom. The van der Waals surface area contributed by atoms with Gasteiger partial charge < -0.3 is 9.72 Å². The molecule has 0 saturated carbocycles. The maximum absolute atomic E-state index is 12.9. The van der Waals surface area contributed by atoms with E-state index in [2.05, 4.69) is 4.98 Å². The first-order valence-electron chi connectivity index (χ1n) is 8.02. The molecule has 3 aromatic rings. The maximum Gasteiger partial charge on any atom is 0.338 e. The van der Waals surface area contributed by atoms with Crippen molar-refractivity contribution in [3.8, 4) is 0 Å². The molecular formula is C20H15NO4. The Labute approximate surface area is 143 Å². The number of ketones is 2. The van der Waals surface area contributed by atoms with Gasteiger partial charge in [0.15, 0.2) is 5.78 Å². The molecule has 2 aromatic carbocycles. The highest BCUT2D eigenvalue weighted by molar-refractivity contribution is 6.32. The third kappa shape index (κ3) is 2.28. The van der Waals surface area contributed by atoms with E-state index in [4.69, 9.17) is 4.74 Å². The molecule has 0 aliphatic heterocycles. The van der Waals surface area contributed by atoms with Crippen LogP contribution in [0.25, 0.3) is 10.9 Å². The quantitative estimate of drug-likeness (QED) is 0.570. The van der Waals surface area contributed by atoms with E-state index < -0.39 is 5.97 Å². The predicted octanol–water partition coefficient (Wildman–Crippen LogP) is 3.51. The van der Waals surface area contributed by atoms with E-state index in [1.807, 2.05) is 0 Å². The molecule has 25 heavy (non-hydrogen) atoms. The molecule has 4 rings (SSSR count). The van der Waals surface area contributed by atoms with Crippen molar-refractivity contribution in [2.45, 2.75) is 20.0 Å². The van der Waals surface area contributed by atoms with Crippen molar-refractivity contribution >= 4 is 28.4 Å². The van der Waals surface area contributed by atoms with Crippen molar-refractivity contribution in [3.63, 3.8) is 0 Å². The summed E-state index contributed by atoms with van der Waals surface area (Å²) in [6.45, 7) is 3.54. The van der Waals surface area contributed by atoms with E-state index >= 15 is 0 Å². The van der Waals surface area contributed by atoms with Crippen molar-refractivity contribution < 1.29 is 19.1 Å². The molecule has 0 radical (unpaired) electrons. The number of hydrogen-bond donors (Lipinski definition) is 1. The minimum Gasteiger partial charge on any atom is -0.459 e. The van der Waals surface area contributed by atoms with Gasteiger partial charge in [-0.15, -0.1) is 0 Å². The second-order valence-electron chi connectivity index (χ2n) is 6.29. The smallest absolute Gasteiger partial charge is 0.338 e. The molecule has 1 aliphatic rings. The third-order valence-electron chi connectivity index (χ3n) is 4.25. The summed E-state index contributed by atoms with van der Waals surface area (Å²) < 4.78 is 5.21. The molecule has 0 amide bonds. The van der Waals surface area contributed by atoms with Crippen molar-refractivity contribution in [1.82, 2.24) is 4.98 Å². The summed E-state index contributed by atoms with van der Waals surface area (Å²) >= 11 is 0. The predicted molar refractivity (Wildman–Crippen MR) is 92.2 cm³/mol. The van der Waals surface area contributed by atoms with Crippen molar-refractivity contribution in [3.05, 3.63) is 70.4 Å². The number of H-pyrrole nitrogens is 1. The van der Waals surface area contributed by atoms with Crippen LogP contribution in [0, 0.1) is 0 Å². The van der Waals surface area contributed by atoms with E-state index in [0.29, 0.717) is 33.2 Å². The lowest BCUT2D eigenvalue weighted by Gasteiger charge is -2.14. The third-order valence-corrected chi connectivity index (χ3v) is 4.25. The Morgan fingerprint density at radius 2 is 1.68 bits per heavy atom. The fraction of sp³-hybridized carbons (Fsp3) is 0.150. The molecule has 0 saturated heterocycles. The van der Waals surface area contributed by atoms with Crippen LogP contribution in [0.4, 0.5) is 0 Å². The average Bonchev–Trinajstić information content (AvgIpc) is 2.98. The number of nitrogens with one attached hydrogen (secondary N) is 1. The van der Waals surface area contributed by atoms with Crippen LogP contribution in [0.3, 0.4) is 0 Å². The molecular weight excluding hydrogens is 318 g/mol. The van der Waals surface area contributed by atoms with Gasteiger partial charge in [-0.25, -0.2) is 4.79 Å². The Kier molecular flexibility index (Phi) is 3.32. The Bertz CT molecular complexity index is 1060. The molecule has 1 aromatic heterocycles. The Morgan fingerprint density at radius 3 is 2.36 bits per heavy atom. The zero-order valence-electron chi connectivity index (χ0n) is 13.8. The highest BCUT2D eigenvalue weighted by Crippen LogP contribution is 2.33. The van der Waals surface area contributed by atoms with Crippen molar-refractivity contribution in [1.29, 1.82) is 0 Å². The van der Waals surface area contributed by atoms with Gasteiger partial charge >= 0.3 is 5.97 Å². The minimum atomic E-state index is -0.457. The standard InChI is InChI=1S/C20H15NO4/c1-10(2)25-20(24)11-7-8-15-14(9-11)16-17(21-15)19(23)13-6-4-3-5-12(13)18(16)22/h3-10,21H,1-2H3. The summed E-state index contributed by atoms with van der Waals surface area (Å²) in [5, 5.41) is 0.557. The number of carbonyl (C=O) groups is 3. The summed E-state index contributed by atoms with van der Waals surface area (Å²) in [4.78, 5) is 40.8. The van der Waals surface area contributed by atoms with E-state index in [9.17, 15) is 14.4 Å². The topological polar surface area (TPSA) is 76.2 Å². The van der Waals surface area contributed by atoms with Crippen LogP contribution in [-0.2, 0) is 4.74 Å². The molecule has 0 spiro atoms. The number of ether oxygens (including phenoxy) is 1. The molecule has 0 unspecified atom stereocenters. The largest absolute Gasteiger partial charge is 0.459 e. The Hall–Kier alpha value is -3.21. The molecule has 0 bridgehead atoms. The lowest BCUT2D eigenvalue weighted by molar-refractivity contribution is 0.0378. The number of carbonyl (C=O) groups excluding carboxylic acids is 3. The van der Waals surface area contributed by atoms with Gasteiger partial charge in [-0.1, -0.05) is 24.3 Å². The lowest BCUT2D eigenvalue weighted by atomic mass is 9.87. The normalized spacial score (nSPS) is 13.1. The van der Waals surface area contributed by atoms with Crippen LogP contribution in [-0.4, -0.2) is 28.6 Å². The van der Waals surface area contributed by atoms with Gasteiger partial charge in [-0.2, -0.15) is 0 Å². The van der Waals surface area contributed by atoms with E-state index in [0.717, 1.165) is 0 Å². The van der Waals surface area contributed by atoms with E-state index in [1.54, 1.807) is 56.3 Å². The van der Waals surface area contributed by atoms with Crippen LogP contribution >= 0.6 is 0 Å². The van der Waals surface area contributed by atoms with Gasteiger partial charge in [-0.05, 0) is 32.0 Å². The molecule has 124 valence electrons. The molecule has 5 nitrogen and oxygen atoms in total. The number of hydrogen-bond acceptors (Lipinski definition) is 4. The van der Waals surface area contributed by atoms with Gasteiger partial charge in [-0.3, -0.25) is 9.59 Å². The number of fused-ring (bicyclic) bond motifs is 4. The van der Waals surface area contributed by atoms with Crippen molar-refractivity contribution in [2.24, 2.45) is 0 Å². The number of aromatic amines is 1. The molecule has 0 atom stereocenters. The molecule has 5 heteroatoms. The van der Waals surface area contributed by atoms with Gasteiger partial charge in [0.1, 0.15) is 0 Å². The van der Waals surface area contributed by atoms with Crippen LogP contribution in [0.1, 0.15) is 56.2 Å². The van der Waals surface area contributed by atoms with Crippen LogP contribution in [0.15, 0.2) is 42.5 Å². The molecule has 1 N–H and O–H groups in total. The number of benzene rings is 2. The maximum atomic E-state index is 12.9. The summed E-state index contributed by atoms with van der Waals surface area (Å²) in [7, 11) is 0. The summed E-state index contributed by atoms with van der Waals surface area (Å²) in [5.74, 6) is -0.889. The fourth-order valence-electron chi connectivity index (χ4n) is 3.16. The first-order valence-corrected chi connectivity index (χ1v) is 8.02. The summed E-state index contributed by atoms with van der Waals surface area (Å²) in [5.41, 5.74) is 2.36. The van der Waals surface area contributed by atoms with Crippen molar-refractivity contribution in [2.75, 3.05) is 0 Å². The van der Waals surface area contributed by atoms with Crippen LogP contribution in [0.5, 0.6) is 0 Å². The summed E-state index contributed by atoms with van der Waals surface area (Å²) in [6, 6.07) is 11.7. The first kappa shape index (κ1) is 15.3.